The number of rotatable bonds is 2. The fourth-order valence-corrected chi connectivity index (χ4v) is 3.42. The molecule has 2 rings (SSSR count). The zero-order valence-corrected chi connectivity index (χ0v) is 8.67. The summed E-state index contributed by atoms with van der Waals surface area (Å²) in [7, 11) is 0. The molecule has 2 aliphatic carbocycles. The predicted octanol–water partition coefficient (Wildman–Crippen LogP) is 4.17. The molecule has 3 atom stereocenters. The van der Waals surface area contributed by atoms with E-state index in [2.05, 4.69) is 12.7 Å². The summed E-state index contributed by atoms with van der Waals surface area (Å²) in [6.45, 7) is 3.86. The third-order valence-corrected chi connectivity index (χ3v) is 4.15. The second kappa shape index (κ2) is 4.30. The summed E-state index contributed by atoms with van der Waals surface area (Å²) in [6.07, 6.45) is 14.0. The van der Waals surface area contributed by atoms with Crippen LogP contribution < -0.4 is 0 Å². The highest BCUT2D eigenvalue weighted by Crippen LogP contribution is 2.43. The molecule has 0 nitrogen and oxygen atoms in total. The van der Waals surface area contributed by atoms with E-state index in [9.17, 15) is 0 Å². The van der Waals surface area contributed by atoms with E-state index in [-0.39, 0.29) is 0 Å². The summed E-state index contributed by atoms with van der Waals surface area (Å²) in [5.74, 6) is 3.18. The Hall–Kier alpha value is -0.260. The van der Waals surface area contributed by atoms with Gasteiger partial charge in [-0.1, -0.05) is 31.8 Å². The van der Waals surface area contributed by atoms with Crippen LogP contribution in [0.25, 0.3) is 0 Å². The molecule has 0 aliphatic heterocycles. The lowest BCUT2D eigenvalue weighted by molar-refractivity contribution is 0.131. The van der Waals surface area contributed by atoms with Crippen LogP contribution in [0, 0.1) is 17.8 Å². The molecular weight excluding hydrogens is 156 g/mol. The highest BCUT2D eigenvalue weighted by atomic mass is 14.4. The number of hydrogen-bond acceptors (Lipinski definition) is 0. The Morgan fingerprint density at radius 1 is 1.00 bits per heavy atom. The van der Waals surface area contributed by atoms with Gasteiger partial charge in [0.1, 0.15) is 0 Å². The molecule has 0 heteroatoms. The van der Waals surface area contributed by atoms with Gasteiger partial charge in [0.15, 0.2) is 0 Å². The highest BCUT2D eigenvalue weighted by Gasteiger charge is 2.31. The quantitative estimate of drug-likeness (QED) is 0.557. The van der Waals surface area contributed by atoms with Gasteiger partial charge in [0.2, 0.25) is 0 Å². The molecule has 13 heavy (non-hydrogen) atoms. The number of allylic oxidation sites excluding steroid dienone is 1. The van der Waals surface area contributed by atoms with Crippen molar-refractivity contribution in [2.24, 2.45) is 17.8 Å². The van der Waals surface area contributed by atoms with Crippen LogP contribution in [0.2, 0.25) is 0 Å². The minimum absolute atomic E-state index is 0.983. The number of fused-ring (bicyclic) bond motifs is 1. The van der Waals surface area contributed by atoms with Crippen molar-refractivity contribution in [3.8, 4) is 0 Å². The van der Waals surface area contributed by atoms with Crippen LogP contribution in [0.3, 0.4) is 0 Å². The Kier molecular flexibility index (Phi) is 3.08. The standard InChI is InChI=1S/C13H22/c1-2-5-11-8-9-12-6-3-4-7-13(12)10-11/h2,11-13H,1,3-10H2. The van der Waals surface area contributed by atoms with E-state index in [0.29, 0.717) is 0 Å². The lowest BCUT2D eigenvalue weighted by Gasteiger charge is -2.39. The maximum atomic E-state index is 3.86. The van der Waals surface area contributed by atoms with Crippen LogP contribution >= 0.6 is 0 Å². The van der Waals surface area contributed by atoms with Crippen LogP contribution in [0.5, 0.6) is 0 Å². The monoisotopic (exact) mass is 178 g/mol. The van der Waals surface area contributed by atoms with E-state index in [1.54, 1.807) is 0 Å². The van der Waals surface area contributed by atoms with Crippen molar-refractivity contribution in [2.45, 2.75) is 51.4 Å². The SMILES string of the molecule is C=CCC1CCC2CCCCC2C1. The van der Waals surface area contributed by atoms with Gasteiger partial charge < -0.3 is 0 Å². The molecule has 3 unspecified atom stereocenters. The third-order valence-electron chi connectivity index (χ3n) is 4.15. The molecule has 2 fully saturated rings. The van der Waals surface area contributed by atoms with E-state index in [0.717, 1.165) is 17.8 Å². The molecule has 0 heterocycles. The van der Waals surface area contributed by atoms with Gasteiger partial charge >= 0.3 is 0 Å². The molecule has 0 N–H and O–H groups in total. The van der Waals surface area contributed by atoms with Gasteiger partial charge in [0.05, 0.1) is 0 Å². The van der Waals surface area contributed by atoms with E-state index < -0.39 is 0 Å². The average Bonchev–Trinajstić information content (AvgIpc) is 2.18. The van der Waals surface area contributed by atoms with Crippen LogP contribution in [0.4, 0.5) is 0 Å². The van der Waals surface area contributed by atoms with Crippen LogP contribution in [0.15, 0.2) is 12.7 Å². The molecule has 74 valence electrons. The Morgan fingerprint density at radius 2 is 1.77 bits per heavy atom. The maximum absolute atomic E-state index is 3.86. The first-order chi connectivity index (χ1) is 6.40. The number of hydrogen-bond donors (Lipinski definition) is 0. The second-order valence-electron chi connectivity index (χ2n) is 5.01. The van der Waals surface area contributed by atoms with Gasteiger partial charge in [-0.05, 0) is 43.4 Å². The summed E-state index contributed by atoms with van der Waals surface area (Å²) >= 11 is 0. The summed E-state index contributed by atoms with van der Waals surface area (Å²) < 4.78 is 0. The average molecular weight is 178 g/mol. The molecule has 0 amide bonds. The summed E-state index contributed by atoms with van der Waals surface area (Å²) in [5.41, 5.74) is 0. The van der Waals surface area contributed by atoms with Crippen molar-refractivity contribution in [3.63, 3.8) is 0 Å². The first-order valence-corrected chi connectivity index (χ1v) is 6.01. The Labute approximate surface area is 82.4 Å². The van der Waals surface area contributed by atoms with Crippen LogP contribution in [0.1, 0.15) is 51.4 Å². The minimum atomic E-state index is 0.983. The molecule has 0 aromatic carbocycles. The van der Waals surface area contributed by atoms with Gasteiger partial charge in [0.25, 0.3) is 0 Å². The van der Waals surface area contributed by atoms with Gasteiger partial charge in [-0.25, -0.2) is 0 Å². The van der Waals surface area contributed by atoms with Gasteiger partial charge in [-0.3, -0.25) is 0 Å². The van der Waals surface area contributed by atoms with E-state index in [1.807, 2.05) is 0 Å². The van der Waals surface area contributed by atoms with Crippen molar-refractivity contribution in [3.05, 3.63) is 12.7 Å². The Bertz CT molecular complexity index is 171. The molecular formula is C13H22. The van der Waals surface area contributed by atoms with Crippen LogP contribution in [-0.4, -0.2) is 0 Å². The maximum Gasteiger partial charge on any atom is -0.0325 e. The fraction of sp³-hybridized carbons (Fsp3) is 0.846. The van der Waals surface area contributed by atoms with E-state index >= 15 is 0 Å². The first-order valence-electron chi connectivity index (χ1n) is 6.01. The molecule has 0 radical (unpaired) electrons. The summed E-state index contributed by atoms with van der Waals surface area (Å²) in [5, 5.41) is 0. The summed E-state index contributed by atoms with van der Waals surface area (Å²) in [4.78, 5) is 0. The van der Waals surface area contributed by atoms with Crippen LogP contribution in [-0.2, 0) is 0 Å². The topological polar surface area (TPSA) is 0 Å². The van der Waals surface area contributed by atoms with Crippen molar-refractivity contribution >= 4 is 0 Å². The van der Waals surface area contributed by atoms with Crippen molar-refractivity contribution in [1.82, 2.24) is 0 Å². The molecule has 0 aromatic heterocycles. The Morgan fingerprint density at radius 3 is 2.54 bits per heavy atom. The zero-order valence-electron chi connectivity index (χ0n) is 8.67. The highest BCUT2D eigenvalue weighted by molar-refractivity contribution is 4.85. The molecule has 0 saturated heterocycles. The second-order valence-corrected chi connectivity index (χ2v) is 5.01. The van der Waals surface area contributed by atoms with Gasteiger partial charge in [0, 0.05) is 0 Å². The lowest BCUT2D eigenvalue weighted by Crippen LogP contribution is -2.27. The first kappa shape index (κ1) is 9.30. The molecule has 2 saturated carbocycles. The third kappa shape index (κ3) is 2.15. The lowest BCUT2D eigenvalue weighted by atomic mass is 9.67. The fourth-order valence-electron chi connectivity index (χ4n) is 3.42. The smallest absolute Gasteiger partial charge is 0.0325 e. The van der Waals surface area contributed by atoms with E-state index in [1.165, 1.54) is 51.4 Å². The molecule has 2 aliphatic rings. The largest absolute Gasteiger partial charge is 0.103 e. The molecule has 0 aromatic rings. The van der Waals surface area contributed by atoms with E-state index in [4.69, 9.17) is 0 Å². The van der Waals surface area contributed by atoms with Crippen molar-refractivity contribution in [1.29, 1.82) is 0 Å². The Balaban J connectivity index is 1.87. The molecule has 0 spiro atoms. The predicted molar refractivity (Wildman–Crippen MR) is 57.6 cm³/mol. The zero-order chi connectivity index (χ0) is 9.10. The normalized spacial score (nSPS) is 39.5. The van der Waals surface area contributed by atoms with Gasteiger partial charge in [-0.15, -0.1) is 6.58 Å². The van der Waals surface area contributed by atoms with Crippen molar-refractivity contribution < 1.29 is 0 Å². The minimum Gasteiger partial charge on any atom is -0.103 e. The summed E-state index contributed by atoms with van der Waals surface area (Å²) in [6, 6.07) is 0. The molecule has 0 bridgehead atoms. The van der Waals surface area contributed by atoms with Crippen molar-refractivity contribution in [2.75, 3.05) is 0 Å². The van der Waals surface area contributed by atoms with Gasteiger partial charge in [-0.2, -0.15) is 0 Å².